The standard InChI is InChI=1S/C22H26N4O3/c1-3-15-26(4-2)20(27)14-7-16-5-12-19(13-6-16)29-21(28)17-8-10-18(11-9-17)25-22(23)24/h5-14H,3-4,15H2,1-2H3,(H4,23,24,25). The molecule has 0 saturated carbocycles. The Bertz CT molecular complexity index is 883. The number of esters is 1. The first-order chi connectivity index (χ1) is 13.9. The number of benzene rings is 2. The van der Waals surface area contributed by atoms with Crippen LogP contribution in [0.25, 0.3) is 6.08 Å². The summed E-state index contributed by atoms with van der Waals surface area (Å²) in [5.41, 5.74) is 12.4. The Morgan fingerprint density at radius 3 is 2.24 bits per heavy atom. The van der Waals surface area contributed by atoms with Crippen molar-refractivity contribution in [1.82, 2.24) is 4.90 Å². The van der Waals surface area contributed by atoms with Crippen molar-refractivity contribution in [1.29, 1.82) is 0 Å². The number of hydrogen-bond acceptors (Lipinski definition) is 4. The Morgan fingerprint density at radius 1 is 1.03 bits per heavy atom. The van der Waals surface area contributed by atoms with Crippen LogP contribution in [0.1, 0.15) is 36.2 Å². The molecule has 0 radical (unpaired) electrons. The summed E-state index contributed by atoms with van der Waals surface area (Å²) >= 11 is 0. The lowest BCUT2D eigenvalue weighted by Crippen LogP contribution is -2.29. The molecule has 1 amide bonds. The summed E-state index contributed by atoms with van der Waals surface area (Å²) in [5.74, 6) is -0.149. The fourth-order valence-electron chi connectivity index (χ4n) is 2.60. The maximum absolute atomic E-state index is 12.2. The molecule has 4 N–H and O–H groups in total. The smallest absolute Gasteiger partial charge is 0.343 e. The quantitative estimate of drug-likeness (QED) is 0.235. The van der Waals surface area contributed by atoms with Gasteiger partial charge in [-0.25, -0.2) is 9.79 Å². The van der Waals surface area contributed by atoms with E-state index >= 15 is 0 Å². The number of hydrogen-bond donors (Lipinski definition) is 2. The van der Waals surface area contributed by atoms with Gasteiger partial charge in [0.15, 0.2) is 5.96 Å². The molecule has 0 bridgehead atoms. The maximum Gasteiger partial charge on any atom is 0.343 e. The molecule has 2 aromatic rings. The van der Waals surface area contributed by atoms with Gasteiger partial charge in [0, 0.05) is 19.2 Å². The Labute approximate surface area is 170 Å². The van der Waals surface area contributed by atoms with Crippen molar-refractivity contribution < 1.29 is 14.3 Å². The van der Waals surface area contributed by atoms with Crippen LogP contribution in [0.3, 0.4) is 0 Å². The zero-order valence-electron chi connectivity index (χ0n) is 16.7. The van der Waals surface area contributed by atoms with Crippen molar-refractivity contribution in [3.05, 3.63) is 65.7 Å². The van der Waals surface area contributed by atoms with Gasteiger partial charge in [0.1, 0.15) is 5.75 Å². The molecule has 2 rings (SSSR count). The molecular weight excluding hydrogens is 368 g/mol. The predicted molar refractivity (Wildman–Crippen MR) is 115 cm³/mol. The first-order valence-electron chi connectivity index (χ1n) is 9.41. The van der Waals surface area contributed by atoms with Gasteiger partial charge in [-0.15, -0.1) is 0 Å². The van der Waals surface area contributed by atoms with Crippen LogP contribution in [0.4, 0.5) is 5.69 Å². The first kappa shape index (κ1) is 21.7. The second-order valence-corrected chi connectivity index (χ2v) is 6.29. The van der Waals surface area contributed by atoms with Crippen LogP contribution < -0.4 is 16.2 Å². The monoisotopic (exact) mass is 394 g/mol. The van der Waals surface area contributed by atoms with Gasteiger partial charge in [-0.05, 0) is 61.4 Å². The number of likely N-dealkylation sites (N-methyl/N-ethyl adjacent to an activating group) is 1. The molecule has 7 nitrogen and oxygen atoms in total. The summed E-state index contributed by atoms with van der Waals surface area (Å²) in [6.45, 7) is 5.41. The minimum Gasteiger partial charge on any atom is -0.423 e. The number of guanidine groups is 1. The van der Waals surface area contributed by atoms with Crippen LogP contribution >= 0.6 is 0 Å². The topological polar surface area (TPSA) is 111 Å². The Hall–Kier alpha value is -3.61. The highest BCUT2D eigenvalue weighted by molar-refractivity contribution is 5.92. The lowest BCUT2D eigenvalue weighted by Gasteiger charge is -2.17. The third kappa shape index (κ3) is 6.80. The van der Waals surface area contributed by atoms with Gasteiger partial charge in [0.25, 0.3) is 0 Å². The van der Waals surface area contributed by atoms with Crippen LogP contribution in [0, 0.1) is 0 Å². The number of carbonyl (C=O) groups excluding carboxylic acids is 2. The van der Waals surface area contributed by atoms with Gasteiger partial charge < -0.3 is 21.1 Å². The number of nitrogens with zero attached hydrogens (tertiary/aromatic N) is 2. The Morgan fingerprint density at radius 2 is 1.69 bits per heavy atom. The molecule has 0 spiro atoms. The molecule has 2 aromatic carbocycles. The van der Waals surface area contributed by atoms with Gasteiger partial charge in [-0.2, -0.15) is 0 Å². The molecule has 0 heterocycles. The van der Waals surface area contributed by atoms with E-state index in [9.17, 15) is 9.59 Å². The highest BCUT2D eigenvalue weighted by Crippen LogP contribution is 2.17. The normalized spacial score (nSPS) is 10.6. The molecule has 0 aliphatic heterocycles. The molecule has 152 valence electrons. The molecule has 0 unspecified atom stereocenters. The second kappa shape index (κ2) is 10.7. The average Bonchev–Trinajstić information content (AvgIpc) is 2.71. The van der Waals surface area contributed by atoms with E-state index in [2.05, 4.69) is 4.99 Å². The average molecular weight is 394 g/mol. The SMILES string of the molecule is CCCN(CC)C(=O)C=Cc1ccc(OC(=O)c2ccc(N=C(N)N)cc2)cc1. The highest BCUT2D eigenvalue weighted by Gasteiger charge is 2.09. The molecule has 0 fully saturated rings. The lowest BCUT2D eigenvalue weighted by molar-refractivity contribution is -0.125. The van der Waals surface area contributed by atoms with Crippen LogP contribution in [0.2, 0.25) is 0 Å². The summed E-state index contributed by atoms with van der Waals surface area (Å²) in [6, 6.07) is 13.3. The maximum atomic E-state index is 12.2. The van der Waals surface area contributed by atoms with Crippen molar-refractivity contribution in [2.45, 2.75) is 20.3 Å². The summed E-state index contributed by atoms with van der Waals surface area (Å²) < 4.78 is 5.37. The molecule has 0 aromatic heterocycles. The number of ether oxygens (including phenoxy) is 1. The molecule has 29 heavy (non-hydrogen) atoms. The number of amides is 1. The fraction of sp³-hybridized carbons (Fsp3) is 0.227. The molecule has 0 saturated heterocycles. The largest absolute Gasteiger partial charge is 0.423 e. The first-order valence-corrected chi connectivity index (χ1v) is 9.41. The van der Waals surface area contributed by atoms with Crippen LogP contribution in [0.5, 0.6) is 5.75 Å². The molecule has 0 aliphatic rings. The number of nitrogens with two attached hydrogens (primary N) is 2. The van der Waals surface area contributed by atoms with Crippen molar-refractivity contribution in [2.24, 2.45) is 16.5 Å². The summed E-state index contributed by atoms with van der Waals surface area (Å²) in [4.78, 5) is 30.1. The van der Waals surface area contributed by atoms with E-state index in [0.29, 0.717) is 23.5 Å². The molecule has 0 aliphatic carbocycles. The van der Waals surface area contributed by atoms with Crippen LogP contribution in [0.15, 0.2) is 59.6 Å². The number of aliphatic imine (C=N–C) groups is 1. The van der Waals surface area contributed by atoms with Gasteiger partial charge in [-0.1, -0.05) is 19.1 Å². The zero-order chi connectivity index (χ0) is 21.2. The van der Waals surface area contributed by atoms with E-state index in [4.69, 9.17) is 16.2 Å². The van der Waals surface area contributed by atoms with Crippen molar-refractivity contribution in [3.8, 4) is 5.75 Å². The van der Waals surface area contributed by atoms with E-state index in [1.807, 2.05) is 13.8 Å². The summed E-state index contributed by atoms with van der Waals surface area (Å²) in [7, 11) is 0. The predicted octanol–water partition coefficient (Wildman–Crippen LogP) is 3.08. The Kier molecular flexibility index (Phi) is 7.97. The third-order valence-electron chi connectivity index (χ3n) is 4.06. The van der Waals surface area contributed by atoms with E-state index in [1.165, 1.54) is 0 Å². The van der Waals surface area contributed by atoms with Crippen LogP contribution in [-0.4, -0.2) is 35.8 Å². The summed E-state index contributed by atoms with van der Waals surface area (Å²) in [5, 5.41) is 0. The molecular formula is C22H26N4O3. The van der Waals surface area contributed by atoms with Gasteiger partial charge in [0.05, 0.1) is 11.3 Å². The Balaban J connectivity index is 1.98. The van der Waals surface area contributed by atoms with E-state index in [0.717, 1.165) is 18.5 Å². The van der Waals surface area contributed by atoms with Crippen molar-refractivity contribution in [3.63, 3.8) is 0 Å². The lowest BCUT2D eigenvalue weighted by atomic mass is 10.2. The van der Waals surface area contributed by atoms with Crippen molar-refractivity contribution >= 4 is 29.6 Å². The van der Waals surface area contributed by atoms with Gasteiger partial charge in [-0.3, -0.25) is 4.79 Å². The number of carbonyl (C=O) groups is 2. The second-order valence-electron chi connectivity index (χ2n) is 6.29. The zero-order valence-corrected chi connectivity index (χ0v) is 16.7. The van der Waals surface area contributed by atoms with Gasteiger partial charge in [0.2, 0.25) is 5.91 Å². The third-order valence-corrected chi connectivity index (χ3v) is 4.06. The minimum absolute atomic E-state index is 0.0194. The molecule has 0 atom stereocenters. The van der Waals surface area contributed by atoms with Crippen LogP contribution in [-0.2, 0) is 4.79 Å². The van der Waals surface area contributed by atoms with E-state index in [1.54, 1.807) is 65.6 Å². The van der Waals surface area contributed by atoms with E-state index < -0.39 is 5.97 Å². The molecule has 7 heteroatoms. The van der Waals surface area contributed by atoms with Crippen molar-refractivity contribution in [2.75, 3.05) is 13.1 Å². The van der Waals surface area contributed by atoms with E-state index in [-0.39, 0.29) is 11.9 Å². The number of rotatable bonds is 8. The summed E-state index contributed by atoms with van der Waals surface area (Å²) in [6.07, 6.45) is 4.22. The fourth-order valence-corrected chi connectivity index (χ4v) is 2.60. The minimum atomic E-state index is -0.488. The highest BCUT2D eigenvalue weighted by atomic mass is 16.5. The van der Waals surface area contributed by atoms with Gasteiger partial charge >= 0.3 is 5.97 Å².